The quantitative estimate of drug-likeness (QED) is 0.683. The second-order valence-corrected chi connectivity index (χ2v) is 3.15. The van der Waals surface area contributed by atoms with Crippen LogP contribution < -0.4 is 0 Å². The van der Waals surface area contributed by atoms with Gasteiger partial charge in [0, 0.05) is 12.4 Å². The van der Waals surface area contributed by atoms with Crippen LogP contribution in [-0.2, 0) is 0 Å². The number of fused-ring (bicyclic) bond motifs is 1. The Kier molecular flexibility index (Phi) is 1.59. The Labute approximate surface area is 77.4 Å². The molecule has 0 bridgehead atoms. The summed E-state index contributed by atoms with van der Waals surface area (Å²) in [7, 11) is 0. The van der Waals surface area contributed by atoms with Crippen molar-refractivity contribution in [1.82, 2.24) is 9.38 Å². The van der Waals surface area contributed by atoms with E-state index in [1.54, 1.807) is 22.9 Å². The molecule has 2 aromatic rings. The van der Waals surface area contributed by atoms with E-state index in [2.05, 4.69) is 27.0 Å². The van der Waals surface area contributed by atoms with Gasteiger partial charge >= 0.3 is 0 Å². The summed E-state index contributed by atoms with van der Waals surface area (Å²) >= 11 is 3.35. The minimum Gasteiger partial charge on any atom is -0.290 e. The highest BCUT2D eigenvalue weighted by molar-refractivity contribution is 9.10. The molecule has 0 amide bonds. The Balaban J connectivity index is 2.94. The Morgan fingerprint density at radius 2 is 2.33 bits per heavy atom. The number of halogens is 1. The molecule has 12 heavy (non-hydrogen) atoms. The highest BCUT2D eigenvalue weighted by atomic mass is 79.9. The first-order valence-corrected chi connectivity index (χ1v) is 4.14. The SMILES string of the molecule is N#Cc1ccc(Br)c2nccn12. The summed E-state index contributed by atoms with van der Waals surface area (Å²) in [5, 5.41) is 8.73. The topological polar surface area (TPSA) is 41.1 Å². The van der Waals surface area contributed by atoms with Gasteiger partial charge in [-0.2, -0.15) is 5.26 Å². The maximum atomic E-state index is 8.73. The molecular formula is C8H4BrN3. The van der Waals surface area contributed by atoms with Gasteiger partial charge in [0.15, 0.2) is 5.65 Å². The molecule has 0 radical (unpaired) electrons. The number of pyridine rings is 1. The Hall–Kier alpha value is -1.34. The van der Waals surface area contributed by atoms with Crippen molar-refractivity contribution in [1.29, 1.82) is 5.26 Å². The van der Waals surface area contributed by atoms with Crippen molar-refractivity contribution < 1.29 is 0 Å². The molecule has 0 aliphatic carbocycles. The molecule has 0 spiro atoms. The molecule has 0 atom stereocenters. The second kappa shape index (κ2) is 2.61. The highest BCUT2D eigenvalue weighted by Crippen LogP contribution is 2.17. The van der Waals surface area contributed by atoms with Crippen LogP contribution in [0.4, 0.5) is 0 Å². The molecule has 4 heteroatoms. The van der Waals surface area contributed by atoms with Gasteiger partial charge in [-0.05, 0) is 28.1 Å². The molecule has 0 saturated carbocycles. The fourth-order valence-electron chi connectivity index (χ4n) is 1.07. The number of hydrogen-bond donors (Lipinski definition) is 0. The van der Waals surface area contributed by atoms with Crippen molar-refractivity contribution in [3.8, 4) is 6.07 Å². The minimum absolute atomic E-state index is 0.589. The lowest BCUT2D eigenvalue weighted by Gasteiger charge is -1.97. The van der Waals surface area contributed by atoms with E-state index in [0.717, 1.165) is 10.1 Å². The van der Waals surface area contributed by atoms with E-state index < -0.39 is 0 Å². The zero-order valence-electron chi connectivity index (χ0n) is 6.03. The van der Waals surface area contributed by atoms with Crippen LogP contribution >= 0.6 is 15.9 Å². The zero-order chi connectivity index (χ0) is 8.55. The smallest absolute Gasteiger partial charge is 0.152 e. The van der Waals surface area contributed by atoms with Gasteiger partial charge < -0.3 is 0 Å². The van der Waals surface area contributed by atoms with Crippen LogP contribution in [0.25, 0.3) is 5.65 Å². The molecule has 0 aliphatic heterocycles. The van der Waals surface area contributed by atoms with Gasteiger partial charge in [0.25, 0.3) is 0 Å². The van der Waals surface area contributed by atoms with E-state index >= 15 is 0 Å². The summed E-state index contributed by atoms with van der Waals surface area (Å²) < 4.78 is 2.64. The van der Waals surface area contributed by atoms with Crippen LogP contribution in [-0.4, -0.2) is 9.38 Å². The summed E-state index contributed by atoms with van der Waals surface area (Å²) in [6, 6.07) is 5.65. The summed E-state index contributed by atoms with van der Waals surface area (Å²) in [6.07, 6.45) is 3.43. The molecule has 3 nitrogen and oxygen atoms in total. The van der Waals surface area contributed by atoms with Crippen LogP contribution in [0.5, 0.6) is 0 Å². The van der Waals surface area contributed by atoms with Crippen molar-refractivity contribution in [2.75, 3.05) is 0 Å². The average molecular weight is 222 g/mol. The molecule has 2 aromatic heterocycles. The lowest BCUT2D eigenvalue weighted by molar-refractivity contribution is 1.14. The lowest BCUT2D eigenvalue weighted by atomic mass is 10.4. The highest BCUT2D eigenvalue weighted by Gasteiger charge is 2.02. The molecule has 0 aliphatic rings. The third-order valence-electron chi connectivity index (χ3n) is 1.62. The molecule has 0 unspecified atom stereocenters. The number of nitrogens with zero attached hydrogens (tertiary/aromatic N) is 3. The molecule has 58 valence electrons. The number of imidazole rings is 1. The van der Waals surface area contributed by atoms with Gasteiger partial charge in [-0.15, -0.1) is 0 Å². The van der Waals surface area contributed by atoms with Crippen LogP contribution in [0.15, 0.2) is 29.0 Å². The van der Waals surface area contributed by atoms with Crippen molar-refractivity contribution >= 4 is 21.6 Å². The van der Waals surface area contributed by atoms with Crippen LogP contribution in [0.1, 0.15) is 5.69 Å². The van der Waals surface area contributed by atoms with Crippen LogP contribution in [0.2, 0.25) is 0 Å². The maximum Gasteiger partial charge on any atom is 0.152 e. The molecule has 0 saturated heterocycles. The van der Waals surface area contributed by atoms with Gasteiger partial charge in [-0.25, -0.2) is 4.98 Å². The van der Waals surface area contributed by atoms with Crippen molar-refractivity contribution in [2.24, 2.45) is 0 Å². The predicted molar refractivity (Wildman–Crippen MR) is 47.6 cm³/mol. The number of aromatic nitrogens is 2. The summed E-state index contributed by atoms with van der Waals surface area (Å²) in [5.74, 6) is 0. The maximum absolute atomic E-state index is 8.73. The molecule has 0 fully saturated rings. The Bertz CT molecular complexity index is 467. The minimum atomic E-state index is 0.589. The monoisotopic (exact) mass is 221 g/mol. The van der Waals surface area contributed by atoms with Gasteiger partial charge in [-0.1, -0.05) is 0 Å². The van der Waals surface area contributed by atoms with E-state index in [1.165, 1.54) is 0 Å². The largest absolute Gasteiger partial charge is 0.290 e. The molecule has 0 aromatic carbocycles. The van der Waals surface area contributed by atoms with Gasteiger partial charge in [0.05, 0.1) is 4.47 Å². The normalized spacial score (nSPS) is 10.0. The summed E-state index contributed by atoms with van der Waals surface area (Å²) in [4.78, 5) is 4.09. The fourth-order valence-corrected chi connectivity index (χ4v) is 1.50. The van der Waals surface area contributed by atoms with Gasteiger partial charge in [0.2, 0.25) is 0 Å². The number of hydrogen-bond acceptors (Lipinski definition) is 2. The van der Waals surface area contributed by atoms with E-state index in [1.807, 2.05) is 6.07 Å². The molecule has 2 rings (SSSR count). The standard InChI is InChI=1S/C8H4BrN3/c9-7-2-1-6(5-10)12-4-3-11-8(7)12/h1-4H. The first-order chi connectivity index (χ1) is 5.83. The van der Waals surface area contributed by atoms with E-state index in [0.29, 0.717) is 5.69 Å². The van der Waals surface area contributed by atoms with E-state index in [4.69, 9.17) is 5.26 Å². The number of rotatable bonds is 0. The van der Waals surface area contributed by atoms with Gasteiger partial charge in [0.1, 0.15) is 11.8 Å². The predicted octanol–water partition coefficient (Wildman–Crippen LogP) is 1.97. The Morgan fingerprint density at radius 3 is 3.08 bits per heavy atom. The number of nitriles is 1. The average Bonchev–Trinajstić information content (AvgIpc) is 2.54. The van der Waals surface area contributed by atoms with Crippen LogP contribution in [0, 0.1) is 11.3 Å². The zero-order valence-corrected chi connectivity index (χ0v) is 7.62. The molecule has 2 heterocycles. The lowest BCUT2D eigenvalue weighted by Crippen LogP contribution is -1.90. The van der Waals surface area contributed by atoms with Gasteiger partial charge in [-0.3, -0.25) is 4.40 Å². The van der Waals surface area contributed by atoms with Crippen molar-refractivity contribution in [3.05, 3.63) is 34.7 Å². The van der Waals surface area contributed by atoms with Crippen LogP contribution in [0.3, 0.4) is 0 Å². The first kappa shape index (κ1) is 7.32. The van der Waals surface area contributed by atoms with E-state index in [-0.39, 0.29) is 0 Å². The van der Waals surface area contributed by atoms with Crippen molar-refractivity contribution in [3.63, 3.8) is 0 Å². The van der Waals surface area contributed by atoms with Crippen molar-refractivity contribution in [2.45, 2.75) is 0 Å². The third kappa shape index (κ3) is 0.908. The summed E-state index contributed by atoms with van der Waals surface area (Å²) in [6.45, 7) is 0. The van der Waals surface area contributed by atoms with E-state index in [9.17, 15) is 0 Å². The molecule has 0 N–H and O–H groups in total. The third-order valence-corrected chi connectivity index (χ3v) is 2.23. The molecular weight excluding hydrogens is 218 g/mol. The Morgan fingerprint density at radius 1 is 1.50 bits per heavy atom. The second-order valence-electron chi connectivity index (χ2n) is 2.30. The fraction of sp³-hybridized carbons (Fsp3) is 0. The summed E-state index contributed by atoms with van der Waals surface area (Å²) in [5.41, 5.74) is 1.36. The first-order valence-electron chi connectivity index (χ1n) is 3.34.